The van der Waals surface area contributed by atoms with Crippen molar-refractivity contribution in [3.63, 3.8) is 0 Å². The number of urea groups is 2. The van der Waals surface area contributed by atoms with Crippen molar-refractivity contribution in [2.45, 2.75) is 0 Å². The quantitative estimate of drug-likeness (QED) is 0.340. The van der Waals surface area contributed by atoms with Crippen LogP contribution in [-0.2, 0) is 0 Å². The Morgan fingerprint density at radius 2 is 1.47 bits per heavy atom. The van der Waals surface area contributed by atoms with Crippen LogP contribution < -0.4 is 20.9 Å². The summed E-state index contributed by atoms with van der Waals surface area (Å²) in [4.78, 5) is 36.8. The van der Waals surface area contributed by atoms with Crippen molar-refractivity contribution in [3.05, 3.63) is 94.0 Å². The van der Waals surface area contributed by atoms with Gasteiger partial charge in [-0.05, 0) is 48.5 Å². The Hall–Kier alpha value is -4.11. The third-order valence-corrected chi connectivity index (χ3v) is 4.62. The standard InChI is InChI=1S/C22H20ClN5O4/c23-16-6-8-17(9-7-16)25-21(29)24-14-15-27(19-4-2-1-3-5-19)22(30)26-18-10-12-20(13-11-18)28(31)32/h1-13H,14-15H2,(H,26,30)(H2,24,25,29). The molecule has 0 radical (unpaired) electrons. The summed E-state index contributed by atoms with van der Waals surface area (Å²) in [5, 5.41) is 19.5. The number of rotatable bonds is 7. The van der Waals surface area contributed by atoms with Crippen LogP contribution in [0.4, 0.5) is 32.3 Å². The van der Waals surface area contributed by atoms with Crippen molar-refractivity contribution in [3.8, 4) is 0 Å². The molecule has 4 amide bonds. The van der Waals surface area contributed by atoms with Crippen molar-refractivity contribution in [2.24, 2.45) is 0 Å². The molecule has 10 heteroatoms. The molecule has 3 rings (SSSR count). The second-order valence-electron chi connectivity index (χ2n) is 6.61. The SMILES string of the molecule is O=C(NCCN(C(=O)Nc1ccc([N+](=O)[O-])cc1)c1ccccc1)Nc1ccc(Cl)cc1. The topological polar surface area (TPSA) is 117 Å². The predicted octanol–water partition coefficient (Wildman–Crippen LogP) is 5.11. The summed E-state index contributed by atoms with van der Waals surface area (Å²) in [6.07, 6.45) is 0. The van der Waals surface area contributed by atoms with Gasteiger partial charge >= 0.3 is 12.1 Å². The number of halogens is 1. The number of nitro groups is 1. The number of nitrogens with zero attached hydrogens (tertiary/aromatic N) is 2. The molecule has 0 aliphatic carbocycles. The van der Waals surface area contributed by atoms with Gasteiger partial charge in [0.05, 0.1) is 4.92 Å². The van der Waals surface area contributed by atoms with Crippen LogP contribution in [0, 0.1) is 10.1 Å². The molecule has 164 valence electrons. The van der Waals surface area contributed by atoms with Gasteiger partial charge in [-0.15, -0.1) is 0 Å². The summed E-state index contributed by atoms with van der Waals surface area (Å²) >= 11 is 5.83. The zero-order chi connectivity index (χ0) is 22.9. The first-order valence-corrected chi connectivity index (χ1v) is 9.98. The molecule has 3 aromatic rings. The summed E-state index contributed by atoms with van der Waals surface area (Å²) in [6.45, 7) is 0.374. The number of carbonyl (C=O) groups excluding carboxylic acids is 2. The third-order valence-electron chi connectivity index (χ3n) is 4.37. The number of benzene rings is 3. The van der Waals surface area contributed by atoms with E-state index < -0.39 is 17.0 Å². The molecular weight excluding hydrogens is 434 g/mol. The van der Waals surface area contributed by atoms with Crippen LogP contribution in [0.2, 0.25) is 5.02 Å². The second-order valence-corrected chi connectivity index (χ2v) is 7.05. The minimum absolute atomic E-state index is 0.0705. The van der Waals surface area contributed by atoms with E-state index in [1.807, 2.05) is 6.07 Å². The molecule has 32 heavy (non-hydrogen) atoms. The fraction of sp³-hybridized carbons (Fsp3) is 0.0909. The van der Waals surface area contributed by atoms with Gasteiger partial charge in [-0.3, -0.25) is 15.0 Å². The average Bonchev–Trinajstić information content (AvgIpc) is 2.79. The minimum atomic E-state index is -0.511. The Kier molecular flexibility index (Phi) is 7.60. The zero-order valence-corrected chi connectivity index (χ0v) is 17.6. The Bertz CT molecular complexity index is 1080. The maximum Gasteiger partial charge on any atom is 0.326 e. The number of nitrogens with one attached hydrogen (secondary N) is 3. The van der Waals surface area contributed by atoms with Gasteiger partial charge in [-0.1, -0.05) is 29.8 Å². The molecule has 0 spiro atoms. The summed E-state index contributed by atoms with van der Waals surface area (Å²) in [5.74, 6) is 0. The molecule has 0 bridgehead atoms. The van der Waals surface area contributed by atoms with E-state index in [1.165, 1.54) is 29.2 Å². The Labute approximate surface area is 189 Å². The number of carbonyl (C=O) groups is 2. The van der Waals surface area contributed by atoms with Gasteiger partial charge in [0.15, 0.2) is 0 Å². The molecule has 0 saturated carbocycles. The van der Waals surface area contributed by atoms with E-state index in [-0.39, 0.29) is 18.8 Å². The maximum atomic E-state index is 12.9. The van der Waals surface area contributed by atoms with Crippen molar-refractivity contribution in [2.75, 3.05) is 28.6 Å². The van der Waals surface area contributed by atoms with Crippen molar-refractivity contribution in [1.29, 1.82) is 0 Å². The Balaban J connectivity index is 1.61. The van der Waals surface area contributed by atoms with Crippen LogP contribution in [0.25, 0.3) is 0 Å². The first-order valence-electron chi connectivity index (χ1n) is 9.61. The molecule has 0 aliphatic heterocycles. The lowest BCUT2D eigenvalue weighted by Gasteiger charge is -2.23. The molecule has 9 nitrogen and oxygen atoms in total. The molecule has 0 atom stereocenters. The summed E-state index contributed by atoms with van der Waals surface area (Å²) < 4.78 is 0. The summed E-state index contributed by atoms with van der Waals surface area (Å²) in [6, 6.07) is 20.3. The van der Waals surface area contributed by atoms with E-state index in [0.717, 1.165) is 0 Å². The van der Waals surface area contributed by atoms with E-state index in [0.29, 0.717) is 22.1 Å². The maximum absolute atomic E-state index is 12.9. The van der Waals surface area contributed by atoms with E-state index in [9.17, 15) is 19.7 Å². The lowest BCUT2D eigenvalue weighted by atomic mass is 10.2. The highest BCUT2D eigenvalue weighted by Gasteiger charge is 2.16. The molecule has 3 aromatic carbocycles. The molecule has 0 heterocycles. The third kappa shape index (κ3) is 6.44. The van der Waals surface area contributed by atoms with Crippen molar-refractivity contribution >= 4 is 46.4 Å². The highest BCUT2D eigenvalue weighted by Crippen LogP contribution is 2.18. The van der Waals surface area contributed by atoms with Crippen LogP contribution >= 0.6 is 11.6 Å². The van der Waals surface area contributed by atoms with E-state index in [4.69, 9.17) is 11.6 Å². The molecule has 0 aliphatic rings. The van der Waals surface area contributed by atoms with Gasteiger partial charge in [0, 0.05) is 47.3 Å². The lowest BCUT2D eigenvalue weighted by molar-refractivity contribution is -0.384. The summed E-state index contributed by atoms with van der Waals surface area (Å²) in [5.41, 5.74) is 1.56. The number of non-ortho nitro benzene ring substituents is 1. The summed E-state index contributed by atoms with van der Waals surface area (Å²) in [7, 11) is 0. The smallest absolute Gasteiger partial charge is 0.326 e. The number of hydrogen-bond donors (Lipinski definition) is 3. The number of para-hydroxylation sites is 1. The van der Waals surface area contributed by atoms with E-state index in [2.05, 4.69) is 16.0 Å². The fourth-order valence-electron chi connectivity index (χ4n) is 2.80. The molecule has 3 N–H and O–H groups in total. The highest BCUT2D eigenvalue weighted by atomic mass is 35.5. The first kappa shape index (κ1) is 22.6. The average molecular weight is 454 g/mol. The van der Waals surface area contributed by atoms with Gasteiger partial charge in [0.25, 0.3) is 5.69 Å². The molecule has 0 aromatic heterocycles. The van der Waals surface area contributed by atoms with Crippen molar-refractivity contribution in [1.82, 2.24) is 5.32 Å². The first-order chi connectivity index (χ1) is 15.4. The number of nitro benzene ring substituents is 1. The van der Waals surface area contributed by atoms with E-state index in [1.54, 1.807) is 48.5 Å². The second kappa shape index (κ2) is 10.8. The molecule has 0 saturated heterocycles. The fourth-order valence-corrected chi connectivity index (χ4v) is 2.93. The Morgan fingerprint density at radius 3 is 2.09 bits per heavy atom. The van der Waals surface area contributed by atoms with Crippen LogP contribution in [0.1, 0.15) is 0 Å². The van der Waals surface area contributed by atoms with Crippen LogP contribution in [0.15, 0.2) is 78.9 Å². The lowest BCUT2D eigenvalue weighted by Crippen LogP contribution is -2.42. The van der Waals surface area contributed by atoms with Gasteiger partial charge < -0.3 is 16.0 Å². The van der Waals surface area contributed by atoms with Crippen LogP contribution in [-0.4, -0.2) is 30.1 Å². The van der Waals surface area contributed by atoms with Crippen molar-refractivity contribution < 1.29 is 14.5 Å². The van der Waals surface area contributed by atoms with Gasteiger partial charge in [0.2, 0.25) is 0 Å². The van der Waals surface area contributed by atoms with Crippen LogP contribution in [0.3, 0.4) is 0 Å². The number of anilines is 3. The predicted molar refractivity (Wildman–Crippen MR) is 124 cm³/mol. The Morgan fingerprint density at radius 1 is 0.875 bits per heavy atom. The molecule has 0 fully saturated rings. The van der Waals surface area contributed by atoms with Gasteiger partial charge in [0.1, 0.15) is 0 Å². The molecular formula is C22H20ClN5O4. The normalized spacial score (nSPS) is 10.2. The van der Waals surface area contributed by atoms with Gasteiger partial charge in [-0.2, -0.15) is 0 Å². The van der Waals surface area contributed by atoms with E-state index >= 15 is 0 Å². The number of hydrogen-bond acceptors (Lipinski definition) is 4. The van der Waals surface area contributed by atoms with Crippen LogP contribution in [0.5, 0.6) is 0 Å². The zero-order valence-electron chi connectivity index (χ0n) is 16.8. The largest absolute Gasteiger partial charge is 0.336 e. The minimum Gasteiger partial charge on any atom is -0.336 e. The van der Waals surface area contributed by atoms with Gasteiger partial charge in [-0.25, -0.2) is 9.59 Å². The monoisotopic (exact) mass is 453 g/mol. The number of amides is 4. The highest BCUT2D eigenvalue weighted by molar-refractivity contribution is 6.30. The molecule has 0 unspecified atom stereocenters.